The number of methoxy groups -OCH3 is 3. The summed E-state index contributed by atoms with van der Waals surface area (Å²) in [5.41, 5.74) is 2.45. The number of furan rings is 1. The van der Waals surface area contributed by atoms with Gasteiger partial charge in [-0.2, -0.15) is 0 Å². The number of amides is 1. The Morgan fingerprint density at radius 3 is 2.36 bits per heavy atom. The van der Waals surface area contributed by atoms with Gasteiger partial charge in [-0.1, -0.05) is 37.3 Å². The van der Waals surface area contributed by atoms with Crippen LogP contribution in [0.3, 0.4) is 0 Å². The molecule has 0 bridgehead atoms. The Morgan fingerprint density at radius 2 is 1.79 bits per heavy atom. The highest BCUT2D eigenvalue weighted by Gasteiger charge is 2.26. The molecule has 0 spiro atoms. The number of carbonyl (C=O) groups is 1. The van der Waals surface area contributed by atoms with Gasteiger partial charge in [0.25, 0.3) is 5.91 Å². The van der Waals surface area contributed by atoms with Crippen LogP contribution >= 0.6 is 11.3 Å². The quantitative estimate of drug-likeness (QED) is 0.323. The molecular weight excluding hydrogens is 440 g/mol. The number of anilines is 1. The fourth-order valence-electron chi connectivity index (χ4n) is 3.68. The van der Waals surface area contributed by atoms with E-state index < -0.39 is 0 Å². The van der Waals surface area contributed by atoms with Crippen molar-refractivity contribution < 1.29 is 23.4 Å². The second-order valence-electron chi connectivity index (χ2n) is 7.73. The van der Waals surface area contributed by atoms with Crippen LogP contribution in [-0.2, 0) is 6.54 Å². The summed E-state index contributed by atoms with van der Waals surface area (Å²) in [5, 5.41) is 0.591. The second kappa shape index (κ2) is 9.54. The third-order valence-electron chi connectivity index (χ3n) is 5.34. The summed E-state index contributed by atoms with van der Waals surface area (Å²) in [6, 6.07) is 13.1. The number of fused-ring (bicyclic) bond motifs is 1. The van der Waals surface area contributed by atoms with Crippen molar-refractivity contribution in [3.05, 3.63) is 65.6 Å². The highest BCUT2D eigenvalue weighted by Crippen LogP contribution is 2.40. The van der Waals surface area contributed by atoms with Gasteiger partial charge in [-0.05, 0) is 41.8 Å². The zero-order valence-electron chi connectivity index (χ0n) is 19.2. The van der Waals surface area contributed by atoms with Crippen molar-refractivity contribution in [3.63, 3.8) is 0 Å². The Kier molecular flexibility index (Phi) is 6.55. The molecular formula is C25H26N2O5S. The molecule has 2 aromatic carbocycles. The molecule has 2 heterocycles. The molecule has 172 valence electrons. The number of benzene rings is 2. The third-order valence-corrected chi connectivity index (χ3v) is 6.39. The predicted molar refractivity (Wildman–Crippen MR) is 129 cm³/mol. The van der Waals surface area contributed by atoms with E-state index >= 15 is 0 Å². The van der Waals surface area contributed by atoms with Crippen LogP contribution in [0.25, 0.3) is 10.2 Å². The first-order valence-corrected chi connectivity index (χ1v) is 11.3. The van der Waals surface area contributed by atoms with E-state index in [-0.39, 0.29) is 12.5 Å². The molecule has 0 N–H and O–H groups in total. The molecule has 4 rings (SSSR count). The number of hydrogen-bond donors (Lipinski definition) is 0. The van der Waals surface area contributed by atoms with E-state index in [0.29, 0.717) is 39.6 Å². The largest absolute Gasteiger partial charge is 0.493 e. The smallest absolute Gasteiger partial charge is 0.260 e. The van der Waals surface area contributed by atoms with Crippen molar-refractivity contribution in [2.24, 2.45) is 0 Å². The third kappa shape index (κ3) is 4.39. The summed E-state index contributed by atoms with van der Waals surface area (Å²) in [7, 11) is 4.57. The standard InChI is InChI=1S/C25H26N2O5S/c1-15(2)18-9-6-10-21-22(18)26-25(33-21)27(14-17-8-7-11-32-17)24(28)16-12-19(29-3)23(31-5)20(13-16)30-4/h6-13,15H,14H2,1-5H3. The summed E-state index contributed by atoms with van der Waals surface area (Å²) < 4.78 is 22.9. The molecule has 2 aromatic heterocycles. The summed E-state index contributed by atoms with van der Waals surface area (Å²) >= 11 is 1.47. The van der Waals surface area contributed by atoms with Gasteiger partial charge in [-0.25, -0.2) is 4.98 Å². The Bertz CT molecular complexity index is 1240. The predicted octanol–water partition coefficient (Wildman–Crippen LogP) is 5.89. The number of aromatic nitrogens is 1. The number of carbonyl (C=O) groups excluding carboxylic acids is 1. The number of para-hydroxylation sites is 1. The maximum atomic E-state index is 13.8. The molecule has 0 aliphatic heterocycles. The summed E-state index contributed by atoms with van der Waals surface area (Å²) in [4.78, 5) is 20.3. The van der Waals surface area contributed by atoms with E-state index in [0.717, 1.165) is 15.8 Å². The average molecular weight is 467 g/mol. The van der Waals surface area contributed by atoms with Crippen LogP contribution in [0.15, 0.2) is 53.1 Å². The molecule has 0 fully saturated rings. The fraction of sp³-hybridized carbons (Fsp3) is 0.280. The van der Waals surface area contributed by atoms with Crippen LogP contribution in [0.2, 0.25) is 0 Å². The van der Waals surface area contributed by atoms with Gasteiger partial charge in [0, 0.05) is 5.56 Å². The molecule has 0 radical (unpaired) electrons. The van der Waals surface area contributed by atoms with E-state index in [1.54, 1.807) is 29.4 Å². The van der Waals surface area contributed by atoms with Crippen molar-refractivity contribution in [2.45, 2.75) is 26.3 Å². The monoisotopic (exact) mass is 466 g/mol. The molecule has 4 aromatic rings. The highest BCUT2D eigenvalue weighted by molar-refractivity contribution is 7.22. The zero-order chi connectivity index (χ0) is 23.5. The van der Waals surface area contributed by atoms with E-state index in [1.165, 1.54) is 32.7 Å². The van der Waals surface area contributed by atoms with Gasteiger partial charge in [0.2, 0.25) is 5.75 Å². The van der Waals surface area contributed by atoms with Crippen molar-refractivity contribution in [1.82, 2.24) is 4.98 Å². The van der Waals surface area contributed by atoms with Gasteiger partial charge in [0.15, 0.2) is 16.6 Å². The minimum absolute atomic E-state index is 0.235. The second-order valence-corrected chi connectivity index (χ2v) is 8.74. The Balaban J connectivity index is 1.83. The molecule has 0 saturated heterocycles. The maximum Gasteiger partial charge on any atom is 0.260 e. The lowest BCUT2D eigenvalue weighted by atomic mass is 10.0. The first-order chi connectivity index (χ1) is 16.0. The molecule has 8 heteroatoms. The van der Waals surface area contributed by atoms with Gasteiger partial charge in [-0.3, -0.25) is 9.69 Å². The van der Waals surface area contributed by atoms with Gasteiger partial charge < -0.3 is 18.6 Å². The SMILES string of the molecule is COc1cc(C(=O)N(Cc2ccco2)c2nc3c(C(C)C)cccc3s2)cc(OC)c1OC. The Hall–Kier alpha value is -3.52. The molecule has 0 aliphatic rings. The number of rotatable bonds is 8. The van der Waals surface area contributed by atoms with Crippen LogP contribution in [0, 0.1) is 0 Å². The minimum Gasteiger partial charge on any atom is -0.493 e. The topological polar surface area (TPSA) is 74.0 Å². The summed E-state index contributed by atoms with van der Waals surface area (Å²) in [5.74, 6) is 1.95. The first kappa shape index (κ1) is 22.7. The molecule has 0 aliphatic carbocycles. The van der Waals surface area contributed by atoms with Crippen molar-refractivity contribution in [3.8, 4) is 17.2 Å². The van der Waals surface area contributed by atoms with Gasteiger partial charge in [-0.15, -0.1) is 0 Å². The molecule has 7 nitrogen and oxygen atoms in total. The Morgan fingerprint density at radius 1 is 1.06 bits per heavy atom. The molecule has 0 atom stereocenters. The van der Waals surface area contributed by atoms with Crippen LogP contribution in [0.4, 0.5) is 5.13 Å². The van der Waals surface area contributed by atoms with Crippen LogP contribution in [0.1, 0.15) is 41.4 Å². The molecule has 0 unspecified atom stereocenters. The number of ether oxygens (including phenoxy) is 3. The Labute approximate surface area is 196 Å². The maximum absolute atomic E-state index is 13.8. The number of hydrogen-bond acceptors (Lipinski definition) is 7. The van der Waals surface area contributed by atoms with Gasteiger partial charge >= 0.3 is 0 Å². The van der Waals surface area contributed by atoms with E-state index in [4.69, 9.17) is 23.6 Å². The summed E-state index contributed by atoms with van der Waals surface area (Å²) in [6.07, 6.45) is 1.59. The molecule has 1 amide bonds. The normalized spacial score (nSPS) is 11.1. The van der Waals surface area contributed by atoms with Gasteiger partial charge in [0.05, 0.1) is 44.4 Å². The number of thiazole rings is 1. The molecule has 0 saturated carbocycles. The van der Waals surface area contributed by atoms with Crippen molar-refractivity contribution in [1.29, 1.82) is 0 Å². The van der Waals surface area contributed by atoms with E-state index in [9.17, 15) is 4.79 Å². The lowest BCUT2D eigenvalue weighted by Gasteiger charge is -2.20. The van der Waals surface area contributed by atoms with Crippen molar-refractivity contribution in [2.75, 3.05) is 26.2 Å². The van der Waals surface area contributed by atoms with Gasteiger partial charge in [0.1, 0.15) is 5.76 Å². The lowest BCUT2D eigenvalue weighted by Crippen LogP contribution is -2.30. The number of nitrogens with zero attached hydrogens (tertiary/aromatic N) is 2. The fourth-order valence-corrected chi connectivity index (χ4v) is 4.68. The minimum atomic E-state index is -0.254. The lowest BCUT2D eigenvalue weighted by molar-refractivity contribution is 0.0982. The highest BCUT2D eigenvalue weighted by atomic mass is 32.1. The first-order valence-electron chi connectivity index (χ1n) is 10.5. The molecule has 33 heavy (non-hydrogen) atoms. The van der Waals surface area contributed by atoms with Crippen LogP contribution in [-0.4, -0.2) is 32.2 Å². The average Bonchev–Trinajstić information content (AvgIpc) is 3.50. The van der Waals surface area contributed by atoms with E-state index in [2.05, 4.69) is 19.9 Å². The summed E-state index contributed by atoms with van der Waals surface area (Å²) in [6.45, 7) is 4.50. The van der Waals surface area contributed by atoms with E-state index in [1.807, 2.05) is 18.2 Å². The van der Waals surface area contributed by atoms with Crippen LogP contribution in [0.5, 0.6) is 17.2 Å². The van der Waals surface area contributed by atoms with Crippen LogP contribution < -0.4 is 19.1 Å². The zero-order valence-corrected chi connectivity index (χ0v) is 20.1. The van der Waals surface area contributed by atoms with Crippen molar-refractivity contribution >= 4 is 32.6 Å².